The fraction of sp³-hybridized carbons (Fsp3) is 0.929. The predicted octanol–water partition coefficient (Wildman–Crippen LogP) is 1.88. The van der Waals surface area contributed by atoms with Gasteiger partial charge in [0.2, 0.25) is 5.91 Å². The van der Waals surface area contributed by atoms with Crippen molar-refractivity contribution in [1.82, 2.24) is 10.2 Å². The number of amides is 1. The van der Waals surface area contributed by atoms with Crippen LogP contribution in [-0.2, 0) is 4.79 Å². The average Bonchev–Trinajstić information content (AvgIpc) is 2.64. The van der Waals surface area contributed by atoms with Gasteiger partial charge in [0.15, 0.2) is 0 Å². The molecular formula is C14H26N2O. The van der Waals surface area contributed by atoms with Crippen molar-refractivity contribution in [1.29, 1.82) is 0 Å². The summed E-state index contributed by atoms with van der Waals surface area (Å²) in [6.07, 6.45) is 4.97. The van der Waals surface area contributed by atoms with Crippen molar-refractivity contribution in [3.8, 4) is 0 Å². The zero-order valence-corrected chi connectivity index (χ0v) is 11.2. The highest BCUT2D eigenvalue weighted by Gasteiger charge is 2.33. The molecule has 0 aliphatic carbocycles. The molecule has 0 radical (unpaired) electrons. The van der Waals surface area contributed by atoms with E-state index in [2.05, 4.69) is 24.1 Å². The van der Waals surface area contributed by atoms with Crippen molar-refractivity contribution in [2.24, 2.45) is 17.8 Å². The second-order valence-corrected chi connectivity index (χ2v) is 5.77. The molecule has 98 valence electrons. The molecule has 1 N–H and O–H groups in total. The molecule has 2 fully saturated rings. The summed E-state index contributed by atoms with van der Waals surface area (Å²) in [4.78, 5) is 14.6. The van der Waals surface area contributed by atoms with Crippen LogP contribution in [0.1, 0.15) is 39.5 Å². The molecular weight excluding hydrogens is 212 g/mol. The van der Waals surface area contributed by atoms with Crippen molar-refractivity contribution in [2.75, 3.05) is 26.2 Å². The fourth-order valence-electron chi connectivity index (χ4n) is 3.17. The van der Waals surface area contributed by atoms with Gasteiger partial charge in [0.05, 0.1) is 5.92 Å². The van der Waals surface area contributed by atoms with Crippen LogP contribution >= 0.6 is 0 Å². The third-order valence-electron chi connectivity index (χ3n) is 4.57. The largest absolute Gasteiger partial charge is 0.342 e. The molecule has 2 heterocycles. The summed E-state index contributed by atoms with van der Waals surface area (Å²) < 4.78 is 0. The first-order valence-electron chi connectivity index (χ1n) is 7.22. The highest BCUT2D eigenvalue weighted by Crippen LogP contribution is 2.24. The van der Waals surface area contributed by atoms with Crippen molar-refractivity contribution < 1.29 is 4.79 Å². The molecule has 0 saturated carbocycles. The van der Waals surface area contributed by atoms with E-state index in [4.69, 9.17) is 0 Å². The van der Waals surface area contributed by atoms with E-state index in [-0.39, 0.29) is 5.92 Å². The fourth-order valence-corrected chi connectivity index (χ4v) is 3.17. The van der Waals surface area contributed by atoms with Gasteiger partial charge in [-0.25, -0.2) is 0 Å². The normalized spacial score (nSPS) is 34.7. The molecule has 0 aromatic carbocycles. The highest BCUT2D eigenvalue weighted by molar-refractivity contribution is 5.79. The van der Waals surface area contributed by atoms with Crippen molar-refractivity contribution in [3.05, 3.63) is 0 Å². The van der Waals surface area contributed by atoms with Crippen LogP contribution in [0.15, 0.2) is 0 Å². The molecule has 2 saturated heterocycles. The van der Waals surface area contributed by atoms with Crippen LogP contribution in [0, 0.1) is 17.8 Å². The summed E-state index contributed by atoms with van der Waals surface area (Å²) in [5.41, 5.74) is 0. The van der Waals surface area contributed by atoms with Crippen LogP contribution in [0.25, 0.3) is 0 Å². The smallest absolute Gasteiger partial charge is 0.227 e. The Bertz CT molecular complexity index is 267. The Morgan fingerprint density at radius 3 is 2.76 bits per heavy atom. The van der Waals surface area contributed by atoms with Crippen LogP contribution in [-0.4, -0.2) is 37.0 Å². The molecule has 2 aliphatic heterocycles. The Morgan fingerprint density at radius 2 is 2.12 bits per heavy atom. The van der Waals surface area contributed by atoms with Gasteiger partial charge in [0.25, 0.3) is 0 Å². The Morgan fingerprint density at radius 1 is 1.29 bits per heavy atom. The molecule has 0 aromatic rings. The first kappa shape index (κ1) is 12.9. The third kappa shape index (κ3) is 3.01. The van der Waals surface area contributed by atoms with E-state index in [1.165, 1.54) is 25.7 Å². The van der Waals surface area contributed by atoms with Gasteiger partial charge in [-0.05, 0) is 37.6 Å². The first-order valence-corrected chi connectivity index (χ1v) is 7.22. The quantitative estimate of drug-likeness (QED) is 0.796. The number of hydrogen-bond donors (Lipinski definition) is 1. The van der Waals surface area contributed by atoms with Gasteiger partial charge < -0.3 is 10.2 Å². The van der Waals surface area contributed by atoms with Crippen LogP contribution in [0.3, 0.4) is 0 Å². The van der Waals surface area contributed by atoms with Crippen LogP contribution < -0.4 is 5.32 Å². The highest BCUT2D eigenvalue weighted by atomic mass is 16.2. The number of nitrogens with zero attached hydrogens (tertiary/aromatic N) is 1. The van der Waals surface area contributed by atoms with Crippen molar-refractivity contribution >= 4 is 5.91 Å². The van der Waals surface area contributed by atoms with Crippen LogP contribution in [0.5, 0.6) is 0 Å². The first-order chi connectivity index (χ1) is 8.22. The number of likely N-dealkylation sites (tertiary alicyclic amines) is 1. The number of carbonyl (C=O) groups is 1. The molecule has 1 amide bonds. The SMILES string of the molecule is CCC1CCCN(C(=O)C2CNCC2C)CC1. The molecule has 3 heteroatoms. The molecule has 0 aromatic heterocycles. The summed E-state index contributed by atoms with van der Waals surface area (Å²) in [7, 11) is 0. The minimum Gasteiger partial charge on any atom is -0.342 e. The summed E-state index contributed by atoms with van der Waals surface area (Å²) >= 11 is 0. The van der Waals surface area contributed by atoms with Crippen LogP contribution in [0.4, 0.5) is 0 Å². The van der Waals surface area contributed by atoms with E-state index >= 15 is 0 Å². The standard InChI is InChI=1S/C14H26N2O/c1-3-12-5-4-7-16(8-6-12)14(17)13-10-15-9-11(13)2/h11-13,15H,3-10H2,1-2H3. The van der Waals surface area contributed by atoms with Gasteiger partial charge in [-0.1, -0.05) is 20.3 Å². The lowest BCUT2D eigenvalue weighted by Crippen LogP contribution is -2.39. The summed E-state index contributed by atoms with van der Waals surface area (Å²) in [5, 5.41) is 3.33. The average molecular weight is 238 g/mol. The Kier molecular flexibility index (Phi) is 4.43. The van der Waals surface area contributed by atoms with Gasteiger partial charge in [-0.3, -0.25) is 4.79 Å². The number of nitrogens with one attached hydrogen (secondary N) is 1. The van der Waals surface area contributed by atoms with E-state index < -0.39 is 0 Å². The van der Waals surface area contributed by atoms with Gasteiger partial charge >= 0.3 is 0 Å². The number of hydrogen-bond acceptors (Lipinski definition) is 2. The van der Waals surface area contributed by atoms with Gasteiger partial charge in [0.1, 0.15) is 0 Å². The molecule has 0 bridgehead atoms. The van der Waals surface area contributed by atoms with Crippen molar-refractivity contribution in [2.45, 2.75) is 39.5 Å². The minimum absolute atomic E-state index is 0.230. The Labute approximate surface area is 105 Å². The van der Waals surface area contributed by atoms with E-state index in [1.807, 2.05) is 0 Å². The molecule has 2 aliphatic rings. The maximum Gasteiger partial charge on any atom is 0.227 e. The van der Waals surface area contributed by atoms with Gasteiger partial charge in [-0.2, -0.15) is 0 Å². The monoisotopic (exact) mass is 238 g/mol. The van der Waals surface area contributed by atoms with Crippen molar-refractivity contribution in [3.63, 3.8) is 0 Å². The molecule has 0 spiro atoms. The molecule has 2 rings (SSSR count). The van der Waals surface area contributed by atoms with Gasteiger partial charge in [-0.15, -0.1) is 0 Å². The number of carbonyl (C=O) groups excluding carboxylic acids is 1. The lowest BCUT2D eigenvalue weighted by atomic mass is 9.96. The Hall–Kier alpha value is -0.570. The lowest BCUT2D eigenvalue weighted by Gasteiger charge is -2.25. The third-order valence-corrected chi connectivity index (χ3v) is 4.57. The summed E-state index contributed by atoms with van der Waals surface area (Å²) in [6, 6.07) is 0. The second-order valence-electron chi connectivity index (χ2n) is 5.77. The Balaban J connectivity index is 1.90. The maximum atomic E-state index is 12.4. The zero-order valence-electron chi connectivity index (χ0n) is 11.2. The maximum absolute atomic E-state index is 12.4. The molecule has 3 atom stereocenters. The summed E-state index contributed by atoms with van der Waals surface area (Å²) in [5.74, 6) is 1.98. The predicted molar refractivity (Wildman–Crippen MR) is 69.7 cm³/mol. The lowest BCUT2D eigenvalue weighted by molar-refractivity contribution is -0.135. The summed E-state index contributed by atoms with van der Waals surface area (Å²) in [6.45, 7) is 8.31. The molecule has 3 nitrogen and oxygen atoms in total. The second kappa shape index (κ2) is 5.85. The van der Waals surface area contributed by atoms with E-state index in [0.29, 0.717) is 11.8 Å². The topological polar surface area (TPSA) is 32.3 Å². The van der Waals surface area contributed by atoms with E-state index in [1.54, 1.807) is 0 Å². The molecule has 3 unspecified atom stereocenters. The zero-order chi connectivity index (χ0) is 12.3. The van der Waals surface area contributed by atoms with E-state index in [0.717, 1.165) is 32.1 Å². The van der Waals surface area contributed by atoms with Gasteiger partial charge in [0, 0.05) is 19.6 Å². The number of rotatable bonds is 2. The van der Waals surface area contributed by atoms with Crippen LogP contribution in [0.2, 0.25) is 0 Å². The molecule has 17 heavy (non-hydrogen) atoms. The minimum atomic E-state index is 0.230. The van der Waals surface area contributed by atoms with E-state index in [9.17, 15) is 4.79 Å².